The van der Waals surface area contributed by atoms with Crippen LogP contribution in [-0.4, -0.2) is 11.9 Å². The van der Waals surface area contributed by atoms with E-state index in [1.807, 2.05) is 48.5 Å². The number of carbonyl (C=O) groups is 1. The highest BCUT2D eigenvalue weighted by Crippen LogP contribution is 2.44. The highest BCUT2D eigenvalue weighted by molar-refractivity contribution is 6.00. The first-order chi connectivity index (χ1) is 17.3. The van der Waals surface area contributed by atoms with E-state index in [4.69, 9.17) is 4.74 Å². The van der Waals surface area contributed by atoms with Gasteiger partial charge in [0, 0.05) is 17.0 Å². The molecule has 0 radical (unpaired) electrons. The van der Waals surface area contributed by atoms with Crippen LogP contribution in [0.5, 0.6) is 0 Å². The monoisotopic (exact) mass is 456 g/mol. The van der Waals surface area contributed by atoms with E-state index in [1.54, 1.807) is 0 Å². The maximum atomic E-state index is 13.7. The minimum absolute atomic E-state index is 0.0908. The van der Waals surface area contributed by atoms with E-state index in [1.165, 1.54) is 11.1 Å². The number of hydrogen-bond acceptors (Lipinski definition) is 2. The topological polar surface area (TPSA) is 26.3 Å². The fraction of sp³-hybridized carbons (Fsp3) is 0.182. The fourth-order valence-electron chi connectivity index (χ4n) is 5.55. The molecule has 0 bridgehead atoms. The van der Waals surface area contributed by atoms with Crippen LogP contribution in [-0.2, 0) is 4.74 Å². The number of carbonyl (C=O) groups excluding carboxylic acids is 1. The summed E-state index contributed by atoms with van der Waals surface area (Å²) in [6, 6.07) is 37.1. The van der Waals surface area contributed by atoms with E-state index < -0.39 is 6.10 Å². The van der Waals surface area contributed by atoms with E-state index in [0.717, 1.165) is 47.3 Å². The maximum absolute atomic E-state index is 13.7. The lowest BCUT2D eigenvalue weighted by Gasteiger charge is -2.33. The summed E-state index contributed by atoms with van der Waals surface area (Å²) in [6.07, 6.45) is 5.14. The van der Waals surface area contributed by atoms with Gasteiger partial charge in [0.05, 0.1) is 0 Å². The number of benzene rings is 4. The molecule has 1 aliphatic heterocycles. The van der Waals surface area contributed by atoms with Crippen LogP contribution in [0.15, 0.2) is 115 Å². The summed E-state index contributed by atoms with van der Waals surface area (Å²) in [5, 5.41) is 0. The average molecular weight is 457 g/mol. The van der Waals surface area contributed by atoms with Crippen LogP contribution < -0.4 is 0 Å². The molecule has 0 N–H and O–H groups in total. The molecule has 6 rings (SSSR count). The summed E-state index contributed by atoms with van der Waals surface area (Å²) >= 11 is 0. The molecule has 4 aromatic rings. The Morgan fingerprint density at radius 3 is 1.71 bits per heavy atom. The van der Waals surface area contributed by atoms with Gasteiger partial charge in [-0.15, -0.1) is 0 Å². The molecule has 0 spiro atoms. The smallest absolute Gasteiger partial charge is 0.203 e. The highest BCUT2D eigenvalue weighted by Gasteiger charge is 2.42. The van der Waals surface area contributed by atoms with Gasteiger partial charge in [0.2, 0.25) is 5.78 Å². The van der Waals surface area contributed by atoms with Crippen LogP contribution in [0.25, 0.3) is 28.0 Å². The first kappa shape index (κ1) is 21.6. The largest absolute Gasteiger partial charge is 0.482 e. The van der Waals surface area contributed by atoms with Gasteiger partial charge in [0.25, 0.3) is 0 Å². The van der Waals surface area contributed by atoms with Gasteiger partial charge in [-0.3, -0.25) is 4.79 Å². The lowest BCUT2D eigenvalue weighted by atomic mass is 9.83. The molecule has 0 aromatic heterocycles. The Morgan fingerprint density at radius 2 is 1.11 bits per heavy atom. The van der Waals surface area contributed by atoms with Gasteiger partial charge in [0.1, 0.15) is 5.76 Å². The minimum atomic E-state index is -0.432. The van der Waals surface area contributed by atoms with Gasteiger partial charge in [-0.2, -0.15) is 0 Å². The number of ether oxygens (including phenoxy) is 1. The summed E-state index contributed by atoms with van der Waals surface area (Å²) in [4.78, 5) is 13.7. The molecule has 2 heteroatoms. The van der Waals surface area contributed by atoms with Crippen LogP contribution in [0, 0.1) is 11.8 Å². The maximum Gasteiger partial charge on any atom is 0.203 e. The van der Waals surface area contributed by atoms with Crippen molar-refractivity contribution in [3.63, 3.8) is 0 Å². The van der Waals surface area contributed by atoms with Crippen molar-refractivity contribution in [2.24, 2.45) is 11.8 Å². The van der Waals surface area contributed by atoms with Crippen molar-refractivity contribution in [2.45, 2.75) is 25.4 Å². The Kier molecular flexibility index (Phi) is 5.79. The second-order valence-corrected chi connectivity index (χ2v) is 9.58. The van der Waals surface area contributed by atoms with Gasteiger partial charge >= 0.3 is 0 Å². The third kappa shape index (κ3) is 4.33. The molecule has 35 heavy (non-hydrogen) atoms. The lowest BCUT2D eigenvalue weighted by Crippen LogP contribution is -2.36. The van der Waals surface area contributed by atoms with Gasteiger partial charge in [-0.1, -0.05) is 116 Å². The third-order valence-corrected chi connectivity index (χ3v) is 7.44. The molecule has 2 aliphatic rings. The number of fused-ring (bicyclic) bond motifs is 1. The Labute approximate surface area is 206 Å². The predicted molar refractivity (Wildman–Crippen MR) is 142 cm³/mol. The Morgan fingerprint density at radius 1 is 0.600 bits per heavy atom. The molecule has 1 saturated carbocycles. The van der Waals surface area contributed by atoms with Crippen molar-refractivity contribution in [3.05, 3.63) is 126 Å². The normalized spacial score (nSPS) is 21.0. The van der Waals surface area contributed by atoms with Crippen LogP contribution in [0.3, 0.4) is 0 Å². The number of Topliss-reactive ketones (excluding diaryl/α,β-unsaturated/α-hetero) is 1. The zero-order valence-corrected chi connectivity index (χ0v) is 19.6. The van der Waals surface area contributed by atoms with Gasteiger partial charge in [-0.25, -0.2) is 0 Å². The first-order valence-corrected chi connectivity index (χ1v) is 12.5. The summed E-state index contributed by atoms with van der Waals surface area (Å²) in [6.45, 7) is 0. The van der Waals surface area contributed by atoms with Gasteiger partial charge in [-0.05, 0) is 47.1 Å². The molecule has 172 valence electrons. The molecule has 3 atom stereocenters. The van der Waals surface area contributed by atoms with E-state index in [-0.39, 0.29) is 11.7 Å². The highest BCUT2D eigenvalue weighted by atomic mass is 16.5. The fourth-order valence-corrected chi connectivity index (χ4v) is 5.55. The van der Waals surface area contributed by atoms with Crippen molar-refractivity contribution in [1.29, 1.82) is 0 Å². The zero-order valence-electron chi connectivity index (χ0n) is 19.6. The Hall–Kier alpha value is -3.91. The number of hydrogen-bond donors (Lipinski definition) is 0. The molecular formula is C33H28O2. The summed E-state index contributed by atoms with van der Waals surface area (Å²) in [5.74, 6) is 1.58. The summed E-state index contributed by atoms with van der Waals surface area (Å²) < 4.78 is 6.47. The molecule has 2 nitrogen and oxygen atoms in total. The van der Waals surface area contributed by atoms with Crippen molar-refractivity contribution in [3.8, 4) is 22.3 Å². The summed E-state index contributed by atoms with van der Waals surface area (Å²) in [5.41, 5.74) is 6.40. The quantitative estimate of drug-likeness (QED) is 0.284. The molecule has 0 amide bonds. The molecule has 1 aliphatic carbocycles. The van der Waals surface area contributed by atoms with E-state index >= 15 is 0 Å². The van der Waals surface area contributed by atoms with Gasteiger partial charge in [0.15, 0.2) is 6.10 Å². The van der Waals surface area contributed by atoms with Crippen LogP contribution >= 0.6 is 0 Å². The molecule has 0 saturated heterocycles. The molecule has 1 heterocycles. The van der Waals surface area contributed by atoms with Crippen LogP contribution in [0.4, 0.5) is 0 Å². The zero-order chi connectivity index (χ0) is 23.6. The Balaban J connectivity index is 1.25. The lowest BCUT2D eigenvalue weighted by molar-refractivity contribution is 0.0503. The van der Waals surface area contributed by atoms with Gasteiger partial charge < -0.3 is 4.74 Å². The molecule has 4 aromatic carbocycles. The standard InChI is InChI=1S/C33H28O2/c34-32(28-20-16-26(17-21-28)24-10-5-2-6-11-24)33-30-13-7-12-29(30)22-31(35-33)27-18-14-25(15-19-27)23-8-3-1-4-9-23/h1-6,8-11,14-22,29-30,33H,7,12-13H2/t29-,30-,33+/m0/s1. The van der Waals surface area contributed by atoms with E-state index in [0.29, 0.717) is 5.92 Å². The molecule has 0 unspecified atom stereocenters. The number of ketones is 1. The second-order valence-electron chi connectivity index (χ2n) is 9.58. The van der Waals surface area contributed by atoms with Crippen molar-refractivity contribution in [1.82, 2.24) is 0 Å². The predicted octanol–water partition coefficient (Wildman–Crippen LogP) is 8.06. The molecule has 1 fully saturated rings. The third-order valence-electron chi connectivity index (χ3n) is 7.44. The number of rotatable bonds is 5. The molecular weight excluding hydrogens is 428 g/mol. The van der Waals surface area contributed by atoms with E-state index in [9.17, 15) is 4.79 Å². The minimum Gasteiger partial charge on any atom is -0.482 e. The summed E-state index contributed by atoms with van der Waals surface area (Å²) in [7, 11) is 0. The van der Waals surface area contributed by atoms with Crippen LogP contribution in [0.1, 0.15) is 35.2 Å². The van der Waals surface area contributed by atoms with E-state index in [2.05, 4.69) is 66.7 Å². The van der Waals surface area contributed by atoms with Crippen molar-refractivity contribution < 1.29 is 9.53 Å². The van der Waals surface area contributed by atoms with Crippen molar-refractivity contribution >= 4 is 11.5 Å². The van der Waals surface area contributed by atoms with Crippen LogP contribution in [0.2, 0.25) is 0 Å². The van der Waals surface area contributed by atoms with Crippen molar-refractivity contribution in [2.75, 3.05) is 0 Å². The Bertz CT molecular complexity index is 1340. The first-order valence-electron chi connectivity index (χ1n) is 12.5. The second kappa shape index (κ2) is 9.38. The average Bonchev–Trinajstić information content (AvgIpc) is 3.42. The number of allylic oxidation sites excluding steroid dienone is 1. The SMILES string of the molecule is O=C(c1ccc(-c2ccccc2)cc1)[C@@H]1OC(c2ccc(-c3ccccc3)cc2)=C[C@@H]2CCC[C@@H]21.